The molecule has 1 aliphatic heterocycles. The summed E-state index contributed by atoms with van der Waals surface area (Å²) in [4.78, 5) is 18.2. The van der Waals surface area contributed by atoms with Gasteiger partial charge in [0.25, 0.3) is 0 Å². The van der Waals surface area contributed by atoms with Gasteiger partial charge in [0.15, 0.2) is 5.69 Å². The van der Waals surface area contributed by atoms with Gasteiger partial charge in [0.2, 0.25) is 5.88 Å². The van der Waals surface area contributed by atoms with E-state index >= 15 is 0 Å². The van der Waals surface area contributed by atoms with Crippen LogP contribution in [0.3, 0.4) is 0 Å². The number of ether oxygens (including phenoxy) is 2. The van der Waals surface area contributed by atoms with Gasteiger partial charge < -0.3 is 14.6 Å². The average Bonchev–Trinajstić information content (AvgIpc) is 2.38. The third kappa shape index (κ3) is 3.39. The summed E-state index contributed by atoms with van der Waals surface area (Å²) in [5, 5.41) is 8.76. The van der Waals surface area contributed by atoms with Crippen molar-refractivity contribution < 1.29 is 19.4 Å². The number of carboxylic acids is 1. The SMILES string of the molecule is O=C(O)c1cc(OCC2CCOCC2)ncn1. The van der Waals surface area contributed by atoms with Gasteiger partial charge in [0, 0.05) is 19.3 Å². The number of aromatic nitrogens is 2. The van der Waals surface area contributed by atoms with Crippen LogP contribution in [0.5, 0.6) is 5.88 Å². The Morgan fingerprint density at radius 3 is 2.94 bits per heavy atom. The Morgan fingerprint density at radius 2 is 2.24 bits per heavy atom. The standard InChI is InChI=1S/C11H14N2O4/c14-11(15)9-5-10(13-7-12-9)17-6-8-1-3-16-4-2-8/h5,7-8H,1-4,6H2,(H,14,15). The molecule has 1 N–H and O–H groups in total. The first-order valence-electron chi connectivity index (χ1n) is 5.51. The zero-order valence-corrected chi connectivity index (χ0v) is 9.33. The highest BCUT2D eigenvalue weighted by Crippen LogP contribution is 2.16. The molecule has 6 heteroatoms. The van der Waals surface area contributed by atoms with E-state index in [-0.39, 0.29) is 5.69 Å². The zero-order chi connectivity index (χ0) is 12.1. The first-order chi connectivity index (χ1) is 8.25. The maximum atomic E-state index is 10.7. The molecule has 0 spiro atoms. The molecule has 1 saturated heterocycles. The third-order valence-electron chi connectivity index (χ3n) is 2.67. The van der Waals surface area contributed by atoms with Crippen molar-refractivity contribution in [1.29, 1.82) is 0 Å². The highest BCUT2D eigenvalue weighted by Gasteiger charge is 2.15. The van der Waals surface area contributed by atoms with E-state index in [1.54, 1.807) is 0 Å². The number of nitrogens with zero attached hydrogens (tertiary/aromatic N) is 2. The van der Waals surface area contributed by atoms with E-state index in [1.165, 1.54) is 12.4 Å². The van der Waals surface area contributed by atoms with Gasteiger partial charge in [-0.3, -0.25) is 0 Å². The van der Waals surface area contributed by atoms with E-state index in [1.807, 2.05) is 0 Å². The summed E-state index contributed by atoms with van der Waals surface area (Å²) < 4.78 is 10.7. The van der Waals surface area contributed by atoms with Crippen LogP contribution in [0.4, 0.5) is 0 Å². The molecule has 0 radical (unpaired) electrons. The maximum absolute atomic E-state index is 10.7. The van der Waals surface area contributed by atoms with E-state index in [0.29, 0.717) is 18.4 Å². The quantitative estimate of drug-likeness (QED) is 0.842. The molecule has 1 aromatic rings. The van der Waals surface area contributed by atoms with Crippen molar-refractivity contribution in [2.24, 2.45) is 5.92 Å². The summed E-state index contributed by atoms with van der Waals surface area (Å²) in [5.74, 6) is -0.320. The van der Waals surface area contributed by atoms with Crippen molar-refractivity contribution in [3.8, 4) is 5.88 Å². The van der Waals surface area contributed by atoms with Crippen molar-refractivity contribution in [1.82, 2.24) is 9.97 Å². The van der Waals surface area contributed by atoms with Gasteiger partial charge in [-0.05, 0) is 18.8 Å². The van der Waals surface area contributed by atoms with E-state index < -0.39 is 5.97 Å². The fourth-order valence-electron chi connectivity index (χ4n) is 1.65. The van der Waals surface area contributed by atoms with Gasteiger partial charge in [-0.25, -0.2) is 14.8 Å². The number of hydrogen-bond donors (Lipinski definition) is 1. The van der Waals surface area contributed by atoms with E-state index in [0.717, 1.165) is 26.1 Å². The molecule has 1 aliphatic rings. The lowest BCUT2D eigenvalue weighted by molar-refractivity contribution is 0.0489. The van der Waals surface area contributed by atoms with Gasteiger partial charge in [0.1, 0.15) is 6.33 Å². The zero-order valence-electron chi connectivity index (χ0n) is 9.33. The molecule has 1 fully saturated rings. The molecular formula is C11H14N2O4. The monoisotopic (exact) mass is 238 g/mol. The topological polar surface area (TPSA) is 81.5 Å². The Balaban J connectivity index is 1.89. The normalized spacial score (nSPS) is 16.7. The van der Waals surface area contributed by atoms with Crippen LogP contribution in [0.25, 0.3) is 0 Å². The largest absolute Gasteiger partial charge is 0.477 e. The van der Waals surface area contributed by atoms with Crippen molar-refractivity contribution in [2.45, 2.75) is 12.8 Å². The molecule has 0 aromatic carbocycles. The van der Waals surface area contributed by atoms with Crippen molar-refractivity contribution in [3.05, 3.63) is 18.1 Å². The van der Waals surface area contributed by atoms with Crippen LogP contribution in [-0.2, 0) is 4.74 Å². The lowest BCUT2D eigenvalue weighted by Gasteiger charge is -2.21. The summed E-state index contributed by atoms with van der Waals surface area (Å²) in [6.07, 6.45) is 3.14. The van der Waals surface area contributed by atoms with Gasteiger partial charge in [-0.2, -0.15) is 0 Å². The van der Waals surface area contributed by atoms with Gasteiger partial charge in [-0.15, -0.1) is 0 Å². The van der Waals surface area contributed by atoms with Crippen LogP contribution in [0.15, 0.2) is 12.4 Å². The molecule has 0 bridgehead atoms. The van der Waals surface area contributed by atoms with Crippen molar-refractivity contribution in [3.63, 3.8) is 0 Å². The predicted octanol–water partition coefficient (Wildman–Crippen LogP) is 0.980. The van der Waals surface area contributed by atoms with Gasteiger partial charge in [0.05, 0.1) is 6.61 Å². The summed E-state index contributed by atoms with van der Waals surface area (Å²) in [7, 11) is 0. The molecule has 17 heavy (non-hydrogen) atoms. The fraction of sp³-hybridized carbons (Fsp3) is 0.545. The highest BCUT2D eigenvalue weighted by molar-refractivity contribution is 5.85. The molecular weight excluding hydrogens is 224 g/mol. The lowest BCUT2D eigenvalue weighted by Crippen LogP contribution is -2.21. The van der Waals surface area contributed by atoms with Gasteiger partial charge in [-0.1, -0.05) is 0 Å². The Kier molecular flexibility index (Phi) is 3.87. The Morgan fingerprint density at radius 1 is 1.47 bits per heavy atom. The average molecular weight is 238 g/mol. The van der Waals surface area contributed by atoms with E-state index in [2.05, 4.69) is 9.97 Å². The van der Waals surface area contributed by atoms with Crippen LogP contribution in [0.2, 0.25) is 0 Å². The first kappa shape index (κ1) is 11.8. The molecule has 2 heterocycles. The Labute approximate surface area is 98.6 Å². The van der Waals surface area contributed by atoms with E-state index in [4.69, 9.17) is 14.6 Å². The molecule has 0 unspecified atom stereocenters. The second-order valence-corrected chi connectivity index (χ2v) is 3.91. The highest BCUT2D eigenvalue weighted by atomic mass is 16.5. The molecule has 2 rings (SSSR count). The third-order valence-corrected chi connectivity index (χ3v) is 2.67. The maximum Gasteiger partial charge on any atom is 0.354 e. The first-order valence-corrected chi connectivity index (χ1v) is 5.51. The molecule has 6 nitrogen and oxygen atoms in total. The number of carboxylic acid groups (broad SMARTS) is 1. The summed E-state index contributed by atoms with van der Waals surface area (Å²) in [5.41, 5.74) is -0.0537. The lowest BCUT2D eigenvalue weighted by atomic mass is 10.0. The molecule has 1 aromatic heterocycles. The van der Waals surface area contributed by atoms with Crippen molar-refractivity contribution in [2.75, 3.05) is 19.8 Å². The van der Waals surface area contributed by atoms with Crippen LogP contribution in [-0.4, -0.2) is 40.9 Å². The smallest absolute Gasteiger partial charge is 0.354 e. The Hall–Kier alpha value is -1.69. The molecule has 0 saturated carbocycles. The second-order valence-electron chi connectivity index (χ2n) is 3.91. The number of carbonyl (C=O) groups is 1. The predicted molar refractivity (Wildman–Crippen MR) is 58.0 cm³/mol. The summed E-state index contributed by atoms with van der Waals surface area (Å²) >= 11 is 0. The van der Waals surface area contributed by atoms with Crippen LogP contribution in [0, 0.1) is 5.92 Å². The minimum Gasteiger partial charge on any atom is -0.477 e. The van der Waals surface area contributed by atoms with Crippen LogP contribution >= 0.6 is 0 Å². The Bertz CT molecular complexity index is 391. The minimum absolute atomic E-state index is 0.0537. The van der Waals surface area contributed by atoms with Crippen LogP contribution < -0.4 is 4.74 Å². The number of rotatable bonds is 4. The van der Waals surface area contributed by atoms with E-state index in [9.17, 15) is 4.79 Å². The second kappa shape index (κ2) is 5.58. The number of aromatic carboxylic acids is 1. The fourth-order valence-corrected chi connectivity index (χ4v) is 1.65. The van der Waals surface area contributed by atoms with Crippen molar-refractivity contribution >= 4 is 5.97 Å². The number of hydrogen-bond acceptors (Lipinski definition) is 5. The van der Waals surface area contributed by atoms with Gasteiger partial charge >= 0.3 is 5.97 Å². The minimum atomic E-state index is -1.08. The molecule has 0 atom stereocenters. The summed E-state index contributed by atoms with van der Waals surface area (Å²) in [6, 6.07) is 1.33. The summed E-state index contributed by atoms with van der Waals surface area (Å²) in [6.45, 7) is 2.07. The molecule has 0 amide bonds. The molecule has 92 valence electrons. The van der Waals surface area contributed by atoms with Crippen LogP contribution in [0.1, 0.15) is 23.3 Å². The molecule has 0 aliphatic carbocycles.